The van der Waals surface area contributed by atoms with E-state index in [0.717, 1.165) is 0 Å². The standard InChI is InChI=1S/C12H9ClN2O5/c13-7-1-2-8-6(3-7)4-12(10(16)17)9(8)14-15(5-20-12)11(18)19/h1-3H,4-5H2,(H,16,17)(H,18,19). The predicted octanol–water partition coefficient (Wildman–Crippen LogP) is 1.39. The predicted molar refractivity (Wildman–Crippen MR) is 67.9 cm³/mol. The number of carboxylic acid groups (broad SMARTS) is 2. The molecule has 1 aliphatic heterocycles. The number of carboxylic acids is 1. The van der Waals surface area contributed by atoms with Gasteiger partial charge in [0.1, 0.15) is 12.4 Å². The van der Waals surface area contributed by atoms with Gasteiger partial charge in [-0.05, 0) is 17.7 Å². The minimum atomic E-state index is -1.64. The van der Waals surface area contributed by atoms with E-state index in [4.69, 9.17) is 21.4 Å². The van der Waals surface area contributed by atoms with Gasteiger partial charge < -0.3 is 14.9 Å². The Morgan fingerprint density at radius 2 is 2.15 bits per heavy atom. The Hall–Kier alpha value is -2.12. The topological polar surface area (TPSA) is 99.4 Å². The highest BCUT2D eigenvalue weighted by molar-refractivity contribution is 6.31. The lowest BCUT2D eigenvalue weighted by Crippen LogP contribution is -2.54. The summed E-state index contributed by atoms with van der Waals surface area (Å²) >= 11 is 5.89. The summed E-state index contributed by atoms with van der Waals surface area (Å²) in [5.41, 5.74) is -0.335. The molecule has 7 nitrogen and oxygen atoms in total. The van der Waals surface area contributed by atoms with Crippen molar-refractivity contribution in [3.05, 3.63) is 34.3 Å². The van der Waals surface area contributed by atoms with Crippen molar-refractivity contribution in [1.29, 1.82) is 0 Å². The maximum absolute atomic E-state index is 11.6. The zero-order valence-electron chi connectivity index (χ0n) is 10.0. The van der Waals surface area contributed by atoms with Gasteiger partial charge in [0.15, 0.2) is 0 Å². The SMILES string of the molecule is O=C(O)N1COC2(C(=O)O)Cc3cc(Cl)ccc3C2=N1. The van der Waals surface area contributed by atoms with E-state index in [-0.39, 0.29) is 12.1 Å². The summed E-state index contributed by atoms with van der Waals surface area (Å²) in [6, 6.07) is 4.85. The van der Waals surface area contributed by atoms with Crippen molar-refractivity contribution >= 4 is 29.4 Å². The minimum Gasteiger partial charge on any atom is -0.479 e. The van der Waals surface area contributed by atoms with Gasteiger partial charge in [-0.25, -0.2) is 9.59 Å². The first-order valence-electron chi connectivity index (χ1n) is 5.70. The van der Waals surface area contributed by atoms with Crippen LogP contribution in [0.2, 0.25) is 5.02 Å². The Kier molecular flexibility index (Phi) is 2.70. The fourth-order valence-electron chi connectivity index (χ4n) is 2.42. The molecule has 1 atom stereocenters. The number of hydrogen-bond donors (Lipinski definition) is 2. The average molecular weight is 297 g/mol. The first-order valence-corrected chi connectivity index (χ1v) is 6.07. The lowest BCUT2D eigenvalue weighted by Gasteiger charge is -2.32. The molecule has 8 heteroatoms. The smallest absolute Gasteiger partial charge is 0.430 e. The van der Waals surface area contributed by atoms with Gasteiger partial charge in [-0.1, -0.05) is 17.7 Å². The number of fused-ring (bicyclic) bond motifs is 3. The molecule has 1 aromatic rings. The second-order valence-electron chi connectivity index (χ2n) is 4.51. The van der Waals surface area contributed by atoms with Gasteiger partial charge >= 0.3 is 12.1 Å². The van der Waals surface area contributed by atoms with Crippen molar-refractivity contribution in [1.82, 2.24) is 5.01 Å². The van der Waals surface area contributed by atoms with Crippen LogP contribution < -0.4 is 0 Å². The van der Waals surface area contributed by atoms with Crippen LogP contribution in [0.15, 0.2) is 23.3 Å². The average Bonchev–Trinajstić information content (AvgIpc) is 2.71. The number of benzene rings is 1. The highest BCUT2D eigenvalue weighted by atomic mass is 35.5. The van der Waals surface area contributed by atoms with E-state index in [1.165, 1.54) is 0 Å². The highest BCUT2D eigenvalue weighted by Gasteiger charge is 2.54. The van der Waals surface area contributed by atoms with Gasteiger partial charge in [0.25, 0.3) is 0 Å². The van der Waals surface area contributed by atoms with E-state index in [2.05, 4.69) is 5.10 Å². The van der Waals surface area contributed by atoms with Crippen molar-refractivity contribution in [2.75, 3.05) is 6.73 Å². The Morgan fingerprint density at radius 1 is 1.40 bits per heavy atom. The van der Waals surface area contributed by atoms with E-state index in [1.54, 1.807) is 18.2 Å². The summed E-state index contributed by atoms with van der Waals surface area (Å²) in [5, 5.41) is 23.5. The maximum Gasteiger partial charge on any atom is 0.430 e. The monoisotopic (exact) mass is 296 g/mol. The molecule has 1 amide bonds. The molecule has 3 rings (SSSR count). The molecule has 1 unspecified atom stereocenters. The Balaban J connectivity index is 2.18. The normalized spacial score (nSPS) is 23.9. The lowest BCUT2D eigenvalue weighted by atomic mass is 9.98. The zero-order chi connectivity index (χ0) is 14.5. The summed E-state index contributed by atoms with van der Waals surface area (Å²) in [6.07, 6.45) is -1.23. The number of amides is 1. The van der Waals surface area contributed by atoms with Gasteiger partial charge in [-0.15, -0.1) is 0 Å². The summed E-state index contributed by atoms with van der Waals surface area (Å²) in [5.74, 6) is -1.20. The number of hydrogen-bond acceptors (Lipinski definition) is 4. The molecule has 0 bridgehead atoms. The van der Waals surface area contributed by atoms with Crippen molar-refractivity contribution in [2.45, 2.75) is 12.0 Å². The van der Waals surface area contributed by atoms with Crippen LogP contribution >= 0.6 is 11.6 Å². The summed E-state index contributed by atoms with van der Waals surface area (Å²) in [7, 11) is 0. The van der Waals surface area contributed by atoms with Crippen LogP contribution in [0.4, 0.5) is 4.79 Å². The number of ether oxygens (including phenoxy) is 1. The van der Waals surface area contributed by atoms with E-state index in [1.807, 2.05) is 0 Å². The molecule has 1 aromatic carbocycles. The minimum absolute atomic E-state index is 0.0739. The Labute approximate surface area is 118 Å². The fourth-order valence-corrected chi connectivity index (χ4v) is 2.62. The maximum atomic E-state index is 11.6. The molecule has 0 saturated heterocycles. The van der Waals surface area contributed by atoms with Crippen molar-refractivity contribution in [3.63, 3.8) is 0 Å². The summed E-state index contributed by atoms with van der Waals surface area (Å²) < 4.78 is 5.32. The quantitative estimate of drug-likeness (QED) is 0.816. The molecule has 0 saturated carbocycles. The molecule has 2 aliphatic rings. The third kappa shape index (κ3) is 1.67. The van der Waals surface area contributed by atoms with E-state index in [0.29, 0.717) is 21.2 Å². The third-order valence-electron chi connectivity index (χ3n) is 3.36. The van der Waals surface area contributed by atoms with Crippen molar-refractivity contribution < 1.29 is 24.5 Å². The second-order valence-corrected chi connectivity index (χ2v) is 4.95. The van der Waals surface area contributed by atoms with Gasteiger partial charge in [-0.3, -0.25) is 0 Å². The summed E-state index contributed by atoms with van der Waals surface area (Å²) in [6.45, 7) is -0.424. The largest absolute Gasteiger partial charge is 0.479 e. The molecule has 2 N–H and O–H groups in total. The first-order chi connectivity index (χ1) is 9.44. The van der Waals surface area contributed by atoms with Crippen LogP contribution in [0.1, 0.15) is 11.1 Å². The van der Waals surface area contributed by atoms with Crippen LogP contribution in [0.25, 0.3) is 0 Å². The van der Waals surface area contributed by atoms with Crippen LogP contribution in [0.3, 0.4) is 0 Å². The van der Waals surface area contributed by atoms with E-state index < -0.39 is 24.4 Å². The number of hydrazone groups is 1. The molecular formula is C12H9ClN2O5. The third-order valence-corrected chi connectivity index (χ3v) is 3.60. The fraction of sp³-hybridized carbons (Fsp3) is 0.250. The molecule has 1 heterocycles. The first kappa shape index (κ1) is 12.9. The molecule has 104 valence electrons. The number of rotatable bonds is 1. The van der Waals surface area contributed by atoms with Gasteiger partial charge in [0, 0.05) is 17.0 Å². The van der Waals surface area contributed by atoms with Crippen LogP contribution in [-0.4, -0.2) is 45.3 Å². The zero-order valence-corrected chi connectivity index (χ0v) is 10.8. The van der Waals surface area contributed by atoms with Gasteiger partial charge in [0.2, 0.25) is 5.60 Å². The van der Waals surface area contributed by atoms with Crippen molar-refractivity contribution in [3.8, 4) is 0 Å². The highest BCUT2D eigenvalue weighted by Crippen LogP contribution is 2.37. The van der Waals surface area contributed by atoms with E-state index >= 15 is 0 Å². The molecule has 0 fully saturated rings. The molecule has 0 spiro atoms. The summed E-state index contributed by atoms with van der Waals surface area (Å²) in [4.78, 5) is 22.5. The van der Waals surface area contributed by atoms with Gasteiger partial charge in [0.05, 0.1) is 0 Å². The van der Waals surface area contributed by atoms with Crippen LogP contribution in [-0.2, 0) is 16.0 Å². The van der Waals surface area contributed by atoms with Gasteiger partial charge in [-0.2, -0.15) is 10.1 Å². The number of carbonyl (C=O) groups is 2. The number of nitrogens with zero attached hydrogens (tertiary/aromatic N) is 2. The Morgan fingerprint density at radius 3 is 2.80 bits per heavy atom. The molecule has 20 heavy (non-hydrogen) atoms. The number of halogens is 1. The molecule has 0 radical (unpaired) electrons. The molecule has 1 aliphatic carbocycles. The second kappa shape index (κ2) is 4.19. The van der Waals surface area contributed by atoms with Crippen molar-refractivity contribution in [2.24, 2.45) is 5.10 Å². The lowest BCUT2D eigenvalue weighted by molar-refractivity contribution is -0.162. The Bertz CT molecular complexity index is 659. The molecule has 0 aromatic heterocycles. The number of aliphatic carboxylic acids is 1. The van der Waals surface area contributed by atoms with E-state index in [9.17, 15) is 14.7 Å². The molecular weight excluding hydrogens is 288 g/mol. The van der Waals surface area contributed by atoms with Crippen LogP contribution in [0.5, 0.6) is 0 Å². The van der Waals surface area contributed by atoms with Crippen LogP contribution in [0, 0.1) is 0 Å².